The third-order valence-electron chi connectivity index (χ3n) is 2.46. The predicted molar refractivity (Wildman–Crippen MR) is 56.4 cm³/mol. The molecular formula is C11H21NO. The lowest BCUT2D eigenvalue weighted by Gasteiger charge is -2.33. The molecule has 2 N–H and O–H groups in total. The lowest BCUT2D eigenvalue weighted by Crippen LogP contribution is -2.47. The maximum atomic E-state index is 6.01. The molecule has 0 amide bonds. The van der Waals surface area contributed by atoms with E-state index < -0.39 is 0 Å². The molecule has 2 heteroatoms. The van der Waals surface area contributed by atoms with E-state index in [2.05, 4.69) is 25.7 Å². The van der Waals surface area contributed by atoms with E-state index in [0.29, 0.717) is 13.0 Å². The van der Waals surface area contributed by atoms with Crippen LogP contribution in [-0.4, -0.2) is 18.2 Å². The van der Waals surface area contributed by atoms with Gasteiger partial charge in [-0.2, -0.15) is 0 Å². The molecule has 0 aromatic heterocycles. The van der Waals surface area contributed by atoms with Crippen molar-refractivity contribution < 1.29 is 4.74 Å². The maximum absolute atomic E-state index is 6.01. The van der Waals surface area contributed by atoms with Crippen LogP contribution in [0.15, 0.2) is 0 Å². The lowest BCUT2D eigenvalue weighted by atomic mass is 9.91. The van der Waals surface area contributed by atoms with E-state index in [4.69, 9.17) is 10.5 Å². The minimum absolute atomic E-state index is 0.00454. The fourth-order valence-electron chi connectivity index (χ4n) is 1.23. The van der Waals surface area contributed by atoms with Gasteiger partial charge in [0, 0.05) is 19.1 Å². The summed E-state index contributed by atoms with van der Waals surface area (Å²) in [5, 5.41) is 0. The van der Waals surface area contributed by atoms with E-state index in [0.717, 1.165) is 6.42 Å². The zero-order valence-electron chi connectivity index (χ0n) is 9.18. The van der Waals surface area contributed by atoms with Crippen molar-refractivity contribution in [1.29, 1.82) is 0 Å². The first-order valence-electron chi connectivity index (χ1n) is 4.89. The quantitative estimate of drug-likeness (QED) is 0.661. The molecule has 76 valence electrons. The largest absolute Gasteiger partial charge is 0.374 e. The van der Waals surface area contributed by atoms with Crippen molar-refractivity contribution in [3.8, 4) is 11.8 Å². The van der Waals surface area contributed by atoms with Gasteiger partial charge in [-0.3, -0.25) is 0 Å². The molecule has 0 aromatic rings. The van der Waals surface area contributed by atoms with Crippen LogP contribution in [0.1, 0.15) is 40.5 Å². The molecule has 0 heterocycles. The fourth-order valence-corrected chi connectivity index (χ4v) is 1.23. The molecule has 0 aliphatic carbocycles. The molecule has 0 saturated carbocycles. The summed E-state index contributed by atoms with van der Waals surface area (Å²) in [5.74, 6) is 5.84. The Morgan fingerprint density at radius 3 is 2.46 bits per heavy atom. The molecule has 2 nitrogen and oxygen atoms in total. The number of hydrogen-bond donors (Lipinski definition) is 1. The van der Waals surface area contributed by atoms with Crippen LogP contribution in [-0.2, 0) is 4.74 Å². The highest BCUT2D eigenvalue weighted by atomic mass is 16.5. The molecule has 2 unspecified atom stereocenters. The molecule has 0 saturated heterocycles. The van der Waals surface area contributed by atoms with Gasteiger partial charge in [0.15, 0.2) is 0 Å². The van der Waals surface area contributed by atoms with Gasteiger partial charge in [0.2, 0.25) is 0 Å². The van der Waals surface area contributed by atoms with E-state index in [9.17, 15) is 0 Å². The van der Waals surface area contributed by atoms with Crippen LogP contribution in [0.4, 0.5) is 0 Å². The Kier molecular flexibility index (Phi) is 5.77. The SMILES string of the molecule is CC#CCC(N)C(C)(CC)OCC. The van der Waals surface area contributed by atoms with Crippen molar-refractivity contribution in [2.75, 3.05) is 6.61 Å². The molecule has 2 atom stereocenters. The molecule has 0 rings (SSSR count). The second kappa shape index (κ2) is 6.01. The standard InChI is InChI=1S/C11H21NO/c1-5-8-9-10(12)11(4,6-2)13-7-3/h10H,6-7,9,12H2,1-4H3. The van der Waals surface area contributed by atoms with E-state index in [1.807, 2.05) is 13.8 Å². The van der Waals surface area contributed by atoms with Gasteiger partial charge >= 0.3 is 0 Å². The van der Waals surface area contributed by atoms with Crippen molar-refractivity contribution in [3.63, 3.8) is 0 Å². The third kappa shape index (κ3) is 3.80. The zero-order valence-corrected chi connectivity index (χ0v) is 9.18. The summed E-state index contributed by atoms with van der Waals surface area (Å²) in [6.07, 6.45) is 1.63. The van der Waals surface area contributed by atoms with Crippen molar-refractivity contribution >= 4 is 0 Å². The van der Waals surface area contributed by atoms with Gasteiger partial charge in [-0.25, -0.2) is 0 Å². The summed E-state index contributed by atoms with van der Waals surface area (Å²) >= 11 is 0. The lowest BCUT2D eigenvalue weighted by molar-refractivity contribution is -0.0451. The topological polar surface area (TPSA) is 35.2 Å². The van der Waals surface area contributed by atoms with Crippen LogP contribution >= 0.6 is 0 Å². The van der Waals surface area contributed by atoms with E-state index in [1.165, 1.54) is 0 Å². The van der Waals surface area contributed by atoms with Gasteiger partial charge in [-0.1, -0.05) is 6.92 Å². The summed E-state index contributed by atoms with van der Waals surface area (Å²) in [6, 6.07) is 0.00454. The molecule has 0 radical (unpaired) electrons. The normalized spacial score (nSPS) is 17.0. The summed E-state index contributed by atoms with van der Waals surface area (Å²) in [6.45, 7) is 8.67. The first-order valence-corrected chi connectivity index (χ1v) is 4.89. The monoisotopic (exact) mass is 183 g/mol. The molecule has 13 heavy (non-hydrogen) atoms. The highest BCUT2D eigenvalue weighted by Crippen LogP contribution is 2.20. The molecule has 0 aliphatic rings. The number of ether oxygens (including phenoxy) is 1. The van der Waals surface area contributed by atoms with Gasteiger partial charge in [0.1, 0.15) is 0 Å². The first kappa shape index (κ1) is 12.5. The average Bonchev–Trinajstić information content (AvgIpc) is 2.14. The zero-order chi connectivity index (χ0) is 10.3. The summed E-state index contributed by atoms with van der Waals surface area (Å²) < 4.78 is 5.64. The van der Waals surface area contributed by atoms with Gasteiger partial charge in [0.05, 0.1) is 5.60 Å². The maximum Gasteiger partial charge on any atom is 0.0811 e. The molecular weight excluding hydrogens is 162 g/mol. The Morgan fingerprint density at radius 2 is 2.08 bits per heavy atom. The Bertz CT molecular complexity index is 192. The third-order valence-corrected chi connectivity index (χ3v) is 2.46. The average molecular weight is 183 g/mol. The van der Waals surface area contributed by atoms with Crippen molar-refractivity contribution in [2.45, 2.75) is 52.2 Å². The van der Waals surface area contributed by atoms with Crippen molar-refractivity contribution in [2.24, 2.45) is 5.73 Å². The molecule has 0 aromatic carbocycles. The second-order valence-electron chi connectivity index (χ2n) is 3.34. The Morgan fingerprint density at radius 1 is 1.46 bits per heavy atom. The fraction of sp³-hybridized carbons (Fsp3) is 0.818. The smallest absolute Gasteiger partial charge is 0.0811 e. The highest BCUT2D eigenvalue weighted by Gasteiger charge is 2.29. The number of rotatable bonds is 5. The molecule has 0 fully saturated rings. The van der Waals surface area contributed by atoms with Gasteiger partial charge in [-0.05, 0) is 27.2 Å². The van der Waals surface area contributed by atoms with Gasteiger partial charge in [0.25, 0.3) is 0 Å². The minimum atomic E-state index is -0.224. The van der Waals surface area contributed by atoms with Crippen LogP contribution in [0, 0.1) is 11.8 Å². The predicted octanol–water partition coefficient (Wildman–Crippen LogP) is 1.93. The first-order chi connectivity index (χ1) is 6.10. The van der Waals surface area contributed by atoms with Crippen LogP contribution < -0.4 is 5.73 Å². The Balaban J connectivity index is 4.24. The van der Waals surface area contributed by atoms with Gasteiger partial charge in [-0.15, -0.1) is 11.8 Å². The number of nitrogens with two attached hydrogens (primary N) is 1. The Hall–Kier alpha value is -0.520. The van der Waals surface area contributed by atoms with E-state index in [1.54, 1.807) is 0 Å². The summed E-state index contributed by atoms with van der Waals surface area (Å²) in [5.41, 5.74) is 5.78. The Labute approximate surface area is 81.8 Å². The van der Waals surface area contributed by atoms with Crippen LogP contribution in [0.2, 0.25) is 0 Å². The van der Waals surface area contributed by atoms with Crippen LogP contribution in [0.25, 0.3) is 0 Å². The van der Waals surface area contributed by atoms with Crippen molar-refractivity contribution in [3.05, 3.63) is 0 Å². The highest BCUT2D eigenvalue weighted by molar-refractivity contribution is 5.01. The van der Waals surface area contributed by atoms with Gasteiger partial charge < -0.3 is 10.5 Å². The van der Waals surface area contributed by atoms with E-state index >= 15 is 0 Å². The molecule has 0 spiro atoms. The summed E-state index contributed by atoms with van der Waals surface area (Å²) in [4.78, 5) is 0. The van der Waals surface area contributed by atoms with Crippen LogP contribution in [0.5, 0.6) is 0 Å². The second-order valence-corrected chi connectivity index (χ2v) is 3.34. The van der Waals surface area contributed by atoms with Crippen molar-refractivity contribution in [1.82, 2.24) is 0 Å². The number of hydrogen-bond acceptors (Lipinski definition) is 2. The summed E-state index contributed by atoms with van der Waals surface area (Å²) in [7, 11) is 0. The van der Waals surface area contributed by atoms with Crippen LogP contribution in [0.3, 0.4) is 0 Å². The molecule has 0 bridgehead atoms. The van der Waals surface area contributed by atoms with E-state index in [-0.39, 0.29) is 11.6 Å². The minimum Gasteiger partial charge on any atom is -0.374 e. The molecule has 0 aliphatic heterocycles.